The third kappa shape index (κ3) is 2.44. The molecule has 0 heterocycles. The number of benzene rings is 1. The lowest BCUT2D eigenvalue weighted by atomic mass is 10.1. The highest BCUT2D eigenvalue weighted by atomic mass is 16.5. The Balaban J connectivity index is 2.91. The molecule has 1 rings (SSSR count). The number of ether oxygens (including phenoxy) is 2. The zero-order valence-electron chi connectivity index (χ0n) is 7.91. The van der Waals surface area contributed by atoms with Gasteiger partial charge >= 0.3 is 0 Å². The molecule has 0 aromatic heterocycles. The van der Waals surface area contributed by atoms with Crippen LogP contribution in [0.5, 0.6) is 5.75 Å². The van der Waals surface area contributed by atoms with Gasteiger partial charge in [-0.1, -0.05) is 6.07 Å². The quantitative estimate of drug-likeness (QED) is 0.763. The molecule has 72 valence electrons. The summed E-state index contributed by atoms with van der Waals surface area (Å²) in [5.41, 5.74) is 1.82. The molecular weight excluding hydrogens is 168 g/mol. The monoisotopic (exact) mass is 182 g/mol. The van der Waals surface area contributed by atoms with Crippen molar-refractivity contribution in [2.75, 3.05) is 14.2 Å². The first-order valence-electron chi connectivity index (χ1n) is 4.07. The fourth-order valence-corrected chi connectivity index (χ4v) is 1.21. The third-order valence-corrected chi connectivity index (χ3v) is 1.83. The SMILES string of the molecule is COCc1ccc(OC)c(CO)c1. The number of hydrogen-bond acceptors (Lipinski definition) is 3. The van der Waals surface area contributed by atoms with E-state index in [1.807, 2.05) is 18.2 Å². The van der Waals surface area contributed by atoms with Gasteiger partial charge < -0.3 is 14.6 Å². The summed E-state index contributed by atoms with van der Waals surface area (Å²) in [7, 11) is 3.23. The van der Waals surface area contributed by atoms with Crippen LogP contribution in [0, 0.1) is 0 Å². The molecule has 0 aliphatic carbocycles. The van der Waals surface area contributed by atoms with E-state index in [2.05, 4.69) is 0 Å². The van der Waals surface area contributed by atoms with E-state index in [-0.39, 0.29) is 6.61 Å². The van der Waals surface area contributed by atoms with Gasteiger partial charge in [0.2, 0.25) is 0 Å². The maximum atomic E-state index is 9.02. The van der Waals surface area contributed by atoms with Crippen LogP contribution in [0.15, 0.2) is 18.2 Å². The number of methoxy groups -OCH3 is 2. The second kappa shape index (κ2) is 4.84. The number of aliphatic hydroxyl groups is 1. The predicted molar refractivity (Wildman–Crippen MR) is 49.6 cm³/mol. The zero-order chi connectivity index (χ0) is 9.68. The maximum Gasteiger partial charge on any atom is 0.124 e. The molecular formula is C10H14O3. The van der Waals surface area contributed by atoms with Crippen molar-refractivity contribution in [1.82, 2.24) is 0 Å². The Hall–Kier alpha value is -1.06. The Morgan fingerprint density at radius 3 is 2.62 bits per heavy atom. The number of rotatable bonds is 4. The van der Waals surface area contributed by atoms with Crippen molar-refractivity contribution in [3.63, 3.8) is 0 Å². The van der Waals surface area contributed by atoms with Crippen LogP contribution in [0.3, 0.4) is 0 Å². The summed E-state index contributed by atoms with van der Waals surface area (Å²) in [6.07, 6.45) is 0. The average molecular weight is 182 g/mol. The van der Waals surface area contributed by atoms with E-state index in [9.17, 15) is 0 Å². The van der Waals surface area contributed by atoms with Gasteiger partial charge in [-0.2, -0.15) is 0 Å². The summed E-state index contributed by atoms with van der Waals surface area (Å²) in [6, 6.07) is 5.63. The van der Waals surface area contributed by atoms with E-state index in [1.165, 1.54) is 0 Å². The minimum absolute atomic E-state index is 0.0132. The van der Waals surface area contributed by atoms with Gasteiger partial charge in [-0.05, 0) is 17.7 Å². The summed E-state index contributed by atoms with van der Waals surface area (Å²) in [6.45, 7) is 0.539. The molecule has 0 aliphatic rings. The second-order valence-corrected chi connectivity index (χ2v) is 2.74. The molecule has 1 aromatic carbocycles. The predicted octanol–water partition coefficient (Wildman–Crippen LogP) is 1.33. The molecule has 0 fully saturated rings. The normalized spacial score (nSPS) is 10.1. The Labute approximate surface area is 77.9 Å². The van der Waals surface area contributed by atoms with E-state index in [0.717, 1.165) is 11.1 Å². The van der Waals surface area contributed by atoms with Crippen LogP contribution in [-0.2, 0) is 18.0 Å². The van der Waals surface area contributed by atoms with Crippen LogP contribution >= 0.6 is 0 Å². The Kier molecular flexibility index (Phi) is 3.73. The molecule has 0 saturated heterocycles. The largest absolute Gasteiger partial charge is 0.496 e. The molecule has 0 saturated carbocycles. The van der Waals surface area contributed by atoms with E-state index < -0.39 is 0 Å². The van der Waals surface area contributed by atoms with Gasteiger partial charge in [0.05, 0.1) is 20.3 Å². The fraction of sp³-hybridized carbons (Fsp3) is 0.400. The first kappa shape index (κ1) is 10.0. The average Bonchev–Trinajstić information content (AvgIpc) is 2.18. The van der Waals surface area contributed by atoms with Gasteiger partial charge in [-0.15, -0.1) is 0 Å². The van der Waals surface area contributed by atoms with Crippen molar-refractivity contribution in [2.45, 2.75) is 13.2 Å². The van der Waals surface area contributed by atoms with Crippen molar-refractivity contribution in [2.24, 2.45) is 0 Å². The molecule has 1 N–H and O–H groups in total. The molecule has 3 heteroatoms. The van der Waals surface area contributed by atoms with E-state index in [0.29, 0.717) is 12.4 Å². The van der Waals surface area contributed by atoms with Crippen LogP contribution in [0.2, 0.25) is 0 Å². The molecule has 0 spiro atoms. The minimum atomic E-state index is -0.0132. The van der Waals surface area contributed by atoms with Gasteiger partial charge in [0, 0.05) is 12.7 Å². The summed E-state index contributed by atoms with van der Waals surface area (Å²) >= 11 is 0. The number of aliphatic hydroxyl groups excluding tert-OH is 1. The summed E-state index contributed by atoms with van der Waals surface area (Å²) in [5, 5.41) is 9.02. The van der Waals surface area contributed by atoms with Gasteiger partial charge in [0.1, 0.15) is 5.75 Å². The Bertz CT molecular complexity index is 271. The molecule has 0 atom stereocenters. The topological polar surface area (TPSA) is 38.7 Å². The highest BCUT2D eigenvalue weighted by Gasteiger charge is 2.02. The van der Waals surface area contributed by atoms with Gasteiger partial charge in [0.25, 0.3) is 0 Å². The Morgan fingerprint density at radius 2 is 2.08 bits per heavy atom. The summed E-state index contributed by atoms with van der Waals surface area (Å²) in [4.78, 5) is 0. The van der Waals surface area contributed by atoms with Crippen LogP contribution in [0.1, 0.15) is 11.1 Å². The Morgan fingerprint density at radius 1 is 1.31 bits per heavy atom. The van der Waals surface area contributed by atoms with Gasteiger partial charge in [0.15, 0.2) is 0 Å². The smallest absolute Gasteiger partial charge is 0.124 e. The minimum Gasteiger partial charge on any atom is -0.496 e. The highest BCUT2D eigenvalue weighted by molar-refractivity contribution is 5.36. The van der Waals surface area contributed by atoms with Crippen molar-refractivity contribution in [3.8, 4) is 5.75 Å². The lowest BCUT2D eigenvalue weighted by Crippen LogP contribution is -1.95. The molecule has 3 nitrogen and oxygen atoms in total. The summed E-state index contributed by atoms with van der Waals surface area (Å²) in [5.74, 6) is 0.711. The molecule has 0 radical (unpaired) electrons. The molecule has 1 aromatic rings. The maximum absolute atomic E-state index is 9.02. The van der Waals surface area contributed by atoms with Crippen LogP contribution in [0.4, 0.5) is 0 Å². The third-order valence-electron chi connectivity index (χ3n) is 1.83. The summed E-state index contributed by atoms with van der Waals surface area (Å²) < 4.78 is 10.0. The fourth-order valence-electron chi connectivity index (χ4n) is 1.21. The standard InChI is InChI=1S/C10H14O3/c1-12-7-8-3-4-10(13-2)9(5-8)6-11/h3-5,11H,6-7H2,1-2H3. The van der Waals surface area contributed by atoms with Gasteiger partial charge in [-0.3, -0.25) is 0 Å². The van der Waals surface area contributed by atoms with Crippen LogP contribution < -0.4 is 4.74 Å². The van der Waals surface area contributed by atoms with Crippen molar-refractivity contribution in [1.29, 1.82) is 0 Å². The molecule has 0 bridgehead atoms. The number of hydrogen-bond donors (Lipinski definition) is 1. The highest BCUT2D eigenvalue weighted by Crippen LogP contribution is 2.19. The molecule has 0 unspecified atom stereocenters. The zero-order valence-corrected chi connectivity index (χ0v) is 7.91. The van der Waals surface area contributed by atoms with Crippen LogP contribution in [-0.4, -0.2) is 19.3 Å². The van der Waals surface area contributed by atoms with Crippen LogP contribution in [0.25, 0.3) is 0 Å². The molecule has 13 heavy (non-hydrogen) atoms. The second-order valence-electron chi connectivity index (χ2n) is 2.74. The van der Waals surface area contributed by atoms with E-state index in [4.69, 9.17) is 14.6 Å². The molecule has 0 aliphatic heterocycles. The lowest BCUT2D eigenvalue weighted by molar-refractivity contribution is 0.184. The van der Waals surface area contributed by atoms with E-state index >= 15 is 0 Å². The van der Waals surface area contributed by atoms with Gasteiger partial charge in [-0.25, -0.2) is 0 Å². The van der Waals surface area contributed by atoms with Crippen molar-refractivity contribution in [3.05, 3.63) is 29.3 Å². The van der Waals surface area contributed by atoms with Crippen molar-refractivity contribution < 1.29 is 14.6 Å². The first-order chi connectivity index (χ1) is 6.31. The van der Waals surface area contributed by atoms with Crippen molar-refractivity contribution >= 4 is 0 Å². The lowest BCUT2D eigenvalue weighted by Gasteiger charge is -2.07. The first-order valence-corrected chi connectivity index (χ1v) is 4.07. The molecule has 0 amide bonds. The van der Waals surface area contributed by atoms with E-state index in [1.54, 1.807) is 14.2 Å².